The third-order valence-corrected chi connectivity index (χ3v) is 5.64. The molecule has 3 aromatic rings. The molecule has 7 heteroatoms. The van der Waals surface area contributed by atoms with Gasteiger partial charge in [-0.25, -0.2) is 4.68 Å². The number of benzene rings is 2. The van der Waals surface area contributed by atoms with E-state index in [0.717, 1.165) is 24.3 Å². The number of hydrogen-bond acceptors (Lipinski definition) is 2. The molecule has 0 aliphatic heterocycles. The van der Waals surface area contributed by atoms with E-state index in [1.165, 1.54) is 10.4 Å². The smallest absolute Gasteiger partial charge is 0.275 e. The molecule has 0 aliphatic rings. The van der Waals surface area contributed by atoms with Gasteiger partial charge in [0.25, 0.3) is 5.56 Å². The average Bonchev–Trinajstić information content (AvgIpc) is 2.91. The van der Waals surface area contributed by atoms with Crippen LogP contribution in [0.4, 0.5) is 5.69 Å². The molecule has 3 rings (SSSR count). The summed E-state index contributed by atoms with van der Waals surface area (Å²) in [6.07, 6.45) is 0.523. The van der Waals surface area contributed by atoms with E-state index in [2.05, 4.69) is 48.1 Å². The molecule has 0 radical (unpaired) electrons. The van der Waals surface area contributed by atoms with Gasteiger partial charge in [-0.2, -0.15) is 0 Å². The van der Waals surface area contributed by atoms with E-state index >= 15 is 0 Å². The Bertz CT molecular complexity index is 1010. The maximum Gasteiger partial charge on any atom is 0.275 e. The highest BCUT2D eigenvalue weighted by Gasteiger charge is 2.18. The van der Waals surface area contributed by atoms with E-state index in [1.54, 1.807) is 12.1 Å². The first kappa shape index (κ1) is 20.8. The molecule has 0 aliphatic carbocycles. The molecule has 0 fully saturated rings. The molecule has 148 valence electrons. The monoisotopic (exact) mass is 437 g/mol. The van der Waals surface area contributed by atoms with E-state index in [1.807, 2.05) is 6.92 Å². The van der Waals surface area contributed by atoms with Crippen LogP contribution in [0.1, 0.15) is 30.7 Å². The first-order chi connectivity index (χ1) is 13.3. The summed E-state index contributed by atoms with van der Waals surface area (Å²) in [7, 11) is 0. The Kier molecular flexibility index (Phi) is 6.43. The summed E-state index contributed by atoms with van der Waals surface area (Å²) in [5.74, 6) is 0. The summed E-state index contributed by atoms with van der Waals surface area (Å²) in [6.45, 7) is 8.06. The van der Waals surface area contributed by atoms with Gasteiger partial charge in [0.05, 0.1) is 10.0 Å². The van der Waals surface area contributed by atoms with Crippen LogP contribution < -0.4 is 10.5 Å². The number of nitrogens with one attached hydrogen (secondary N) is 1. The molecule has 0 amide bonds. The lowest BCUT2D eigenvalue weighted by Gasteiger charge is -2.21. The SMILES string of the molecule is CCN(CC)c1ccc(Cc2c(C)[nH]n(-c3c(Cl)cc(Cl)cc3Cl)c2=O)cc1. The molecule has 0 saturated carbocycles. The Morgan fingerprint density at radius 3 is 2.11 bits per heavy atom. The summed E-state index contributed by atoms with van der Waals surface area (Å²) in [5.41, 5.74) is 3.94. The summed E-state index contributed by atoms with van der Waals surface area (Å²) >= 11 is 18.5. The molecule has 0 bridgehead atoms. The second kappa shape index (κ2) is 8.64. The van der Waals surface area contributed by atoms with Gasteiger partial charge in [0.2, 0.25) is 0 Å². The lowest BCUT2D eigenvalue weighted by molar-refractivity contribution is 0.835. The first-order valence-corrected chi connectivity index (χ1v) is 10.3. The van der Waals surface area contributed by atoms with Crippen molar-refractivity contribution in [2.24, 2.45) is 0 Å². The maximum absolute atomic E-state index is 13.0. The summed E-state index contributed by atoms with van der Waals surface area (Å²) in [6, 6.07) is 11.4. The van der Waals surface area contributed by atoms with Gasteiger partial charge in [0.1, 0.15) is 5.69 Å². The molecule has 1 N–H and O–H groups in total. The van der Waals surface area contributed by atoms with Gasteiger partial charge in [-0.15, -0.1) is 0 Å². The number of anilines is 1. The van der Waals surface area contributed by atoms with E-state index in [-0.39, 0.29) is 5.56 Å². The van der Waals surface area contributed by atoms with E-state index < -0.39 is 0 Å². The molecule has 1 heterocycles. The maximum atomic E-state index is 13.0. The Balaban J connectivity index is 1.95. The standard InChI is InChI=1S/C21H22Cl3N3O/c1-4-26(5-2)16-8-6-14(7-9-16)10-17-13(3)25-27(21(17)28)20-18(23)11-15(22)12-19(20)24/h6-9,11-12,25H,4-5,10H2,1-3H3. The van der Waals surface area contributed by atoms with Gasteiger partial charge in [0, 0.05) is 41.5 Å². The molecular weight excluding hydrogens is 417 g/mol. The van der Waals surface area contributed by atoms with Gasteiger partial charge in [0.15, 0.2) is 0 Å². The second-order valence-electron chi connectivity index (χ2n) is 6.59. The highest BCUT2D eigenvalue weighted by atomic mass is 35.5. The zero-order valence-electron chi connectivity index (χ0n) is 16.0. The van der Waals surface area contributed by atoms with Crippen LogP contribution in [0.5, 0.6) is 0 Å². The van der Waals surface area contributed by atoms with Crippen molar-refractivity contribution in [2.45, 2.75) is 27.2 Å². The number of hydrogen-bond donors (Lipinski definition) is 1. The van der Waals surface area contributed by atoms with E-state index in [9.17, 15) is 4.79 Å². The molecule has 0 atom stereocenters. The summed E-state index contributed by atoms with van der Waals surface area (Å²) in [5, 5.41) is 4.13. The normalized spacial score (nSPS) is 11.1. The molecular formula is C21H22Cl3N3O. The molecule has 1 aromatic heterocycles. The van der Waals surface area contributed by atoms with Crippen molar-refractivity contribution in [1.82, 2.24) is 9.78 Å². The van der Waals surface area contributed by atoms with Gasteiger partial charge in [-0.05, 0) is 50.6 Å². The van der Waals surface area contributed by atoms with Crippen molar-refractivity contribution in [1.29, 1.82) is 0 Å². The largest absolute Gasteiger partial charge is 0.372 e. The van der Waals surface area contributed by atoms with Crippen LogP contribution in [-0.2, 0) is 6.42 Å². The number of aryl methyl sites for hydroxylation is 1. The Hall–Kier alpha value is -1.88. The van der Waals surface area contributed by atoms with Gasteiger partial charge in [-0.3, -0.25) is 9.89 Å². The zero-order valence-corrected chi connectivity index (χ0v) is 18.3. The van der Waals surface area contributed by atoms with Gasteiger partial charge in [-0.1, -0.05) is 46.9 Å². The molecule has 4 nitrogen and oxygen atoms in total. The van der Waals surface area contributed by atoms with Crippen molar-refractivity contribution >= 4 is 40.5 Å². The van der Waals surface area contributed by atoms with Crippen molar-refractivity contribution in [2.75, 3.05) is 18.0 Å². The lowest BCUT2D eigenvalue weighted by Crippen LogP contribution is -2.21. The van der Waals surface area contributed by atoms with Crippen molar-refractivity contribution in [3.8, 4) is 5.69 Å². The van der Waals surface area contributed by atoms with Gasteiger partial charge >= 0.3 is 0 Å². The summed E-state index contributed by atoms with van der Waals surface area (Å²) in [4.78, 5) is 15.3. The average molecular weight is 439 g/mol. The predicted octanol–water partition coefficient (Wildman–Crippen LogP) is 5.87. The van der Waals surface area contributed by atoms with Crippen LogP contribution in [0, 0.1) is 6.92 Å². The minimum Gasteiger partial charge on any atom is -0.372 e. The third-order valence-electron chi connectivity index (χ3n) is 4.84. The Labute approximate surface area is 179 Å². The highest BCUT2D eigenvalue weighted by Crippen LogP contribution is 2.31. The Morgan fingerprint density at radius 2 is 1.57 bits per heavy atom. The third kappa shape index (κ3) is 4.09. The van der Waals surface area contributed by atoms with Crippen LogP contribution in [0.3, 0.4) is 0 Å². The van der Waals surface area contributed by atoms with E-state index in [0.29, 0.717) is 32.7 Å². The van der Waals surface area contributed by atoms with Crippen molar-refractivity contribution in [3.05, 3.63) is 78.6 Å². The molecule has 2 aromatic carbocycles. The quantitative estimate of drug-likeness (QED) is 0.523. The Morgan fingerprint density at radius 1 is 1.00 bits per heavy atom. The predicted molar refractivity (Wildman–Crippen MR) is 119 cm³/mol. The fourth-order valence-electron chi connectivity index (χ4n) is 3.31. The summed E-state index contributed by atoms with van der Waals surface area (Å²) < 4.78 is 1.38. The molecule has 0 spiro atoms. The van der Waals surface area contributed by atoms with Crippen LogP contribution in [0.15, 0.2) is 41.2 Å². The lowest BCUT2D eigenvalue weighted by atomic mass is 10.1. The van der Waals surface area contributed by atoms with E-state index in [4.69, 9.17) is 34.8 Å². The minimum atomic E-state index is -0.170. The van der Waals surface area contributed by atoms with Crippen LogP contribution in [0.25, 0.3) is 5.69 Å². The van der Waals surface area contributed by atoms with Crippen molar-refractivity contribution < 1.29 is 0 Å². The van der Waals surface area contributed by atoms with Crippen LogP contribution in [-0.4, -0.2) is 22.9 Å². The van der Waals surface area contributed by atoms with Crippen molar-refractivity contribution in [3.63, 3.8) is 0 Å². The highest BCUT2D eigenvalue weighted by molar-refractivity contribution is 6.40. The number of halogens is 3. The number of aromatic nitrogens is 2. The number of H-pyrrole nitrogens is 1. The molecule has 28 heavy (non-hydrogen) atoms. The fourth-order valence-corrected chi connectivity index (χ4v) is 4.30. The zero-order chi connectivity index (χ0) is 20.4. The minimum absolute atomic E-state index is 0.170. The first-order valence-electron chi connectivity index (χ1n) is 9.15. The second-order valence-corrected chi connectivity index (χ2v) is 7.84. The number of nitrogens with zero attached hydrogens (tertiary/aromatic N) is 2. The van der Waals surface area contributed by atoms with Crippen LogP contribution in [0.2, 0.25) is 15.1 Å². The number of rotatable bonds is 6. The molecule has 0 unspecified atom stereocenters. The van der Waals surface area contributed by atoms with Gasteiger partial charge < -0.3 is 4.90 Å². The fraction of sp³-hybridized carbons (Fsp3) is 0.286. The number of aromatic amines is 1. The molecule has 0 saturated heterocycles. The topological polar surface area (TPSA) is 41.0 Å². The van der Waals surface area contributed by atoms with Crippen LogP contribution >= 0.6 is 34.8 Å².